The Labute approximate surface area is 181 Å². The maximum Gasteiger partial charge on any atom is 0.419 e. The first-order chi connectivity index (χ1) is 15.0. The molecule has 0 spiro atoms. The fourth-order valence-corrected chi connectivity index (χ4v) is 4.35. The van der Waals surface area contributed by atoms with Gasteiger partial charge in [0.05, 0.1) is 5.56 Å². The van der Waals surface area contributed by atoms with E-state index in [2.05, 4.69) is 29.2 Å². The predicted octanol–water partition coefficient (Wildman–Crippen LogP) is 6.71. The van der Waals surface area contributed by atoms with E-state index in [4.69, 9.17) is 4.74 Å². The lowest BCUT2D eigenvalue weighted by Crippen LogP contribution is -2.42. The summed E-state index contributed by atoms with van der Waals surface area (Å²) in [6, 6.07) is 25.9. The minimum atomic E-state index is -4.43. The zero-order chi connectivity index (χ0) is 21.7. The van der Waals surface area contributed by atoms with Crippen molar-refractivity contribution in [3.63, 3.8) is 0 Å². The number of nitrogens with zero attached hydrogens (tertiary/aromatic N) is 1. The molecule has 1 aliphatic rings. The SMILES string of the molecule is FC(F)(F)c1ccccc1O[C@H]1CCC[C@@H]1N(Cc1ccccc1)Cc1ccccc1. The van der Waals surface area contributed by atoms with Crippen LogP contribution in [-0.2, 0) is 19.3 Å². The molecule has 0 bridgehead atoms. The van der Waals surface area contributed by atoms with Crippen LogP contribution in [0.2, 0.25) is 0 Å². The Hall–Kier alpha value is -2.79. The van der Waals surface area contributed by atoms with Crippen molar-refractivity contribution in [1.82, 2.24) is 4.90 Å². The van der Waals surface area contributed by atoms with Gasteiger partial charge in [-0.1, -0.05) is 72.8 Å². The molecule has 162 valence electrons. The van der Waals surface area contributed by atoms with Gasteiger partial charge in [-0.25, -0.2) is 0 Å². The van der Waals surface area contributed by atoms with Gasteiger partial charge in [-0.3, -0.25) is 4.90 Å². The zero-order valence-electron chi connectivity index (χ0n) is 17.3. The van der Waals surface area contributed by atoms with Gasteiger partial charge in [-0.05, 0) is 42.5 Å². The molecule has 1 aliphatic carbocycles. The minimum Gasteiger partial charge on any atom is -0.488 e. The van der Waals surface area contributed by atoms with E-state index in [1.165, 1.54) is 23.3 Å². The van der Waals surface area contributed by atoms with Gasteiger partial charge in [0.25, 0.3) is 0 Å². The molecule has 0 aliphatic heterocycles. The van der Waals surface area contributed by atoms with Crippen molar-refractivity contribution in [2.75, 3.05) is 0 Å². The smallest absolute Gasteiger partial charge is 0.419 e. The zero-order valence-corrected chi connectivity index (χ0v) is 17.3. The van der Waals surface area contributed by atoms with E-state index in [1.807, 2.05) is 36.4 Å². The van der Waals surface area contributed by atoms with E-state index in [-0.39, 0.29) is 17.9 Å². The highest BCUT2D eigenvalue weighted by atomic mass is 19.4. The lowest BCUT2D eigenvalue weighted by atomic mass is 10.1. The predicted molar refractivity (Wildman–Crippen MR) is 116 cm³/mol. The highest BCUT2D eigenvalue weighted by Gasteiger charge is 2.38. The van der Waals surface area contributed by atoms with Crippen LogP contribution < -0.4 is 4.74 Å². The molecule has 4 rings (SSSR count). The topological polar surface area (TPSA) is 12.5 Å². The fraction of sp³-hybridized carbons (Fsp3) is 0.308. The first-order valence-corrected chi connectivity index (χ1v) is 10.7. The molecule has 0 aromatic heterocycles. The third-order valence-electron chi connectivity index (χ3n) is 5.81. The van der Waals surface area contributed by atoms with E-state index >= 15 is 0 Å². The molecule has 5 heteroatoms. The third-order valence-corrected chi connectivity index (χ3v) is 5.81. The lowest BCUT2D eigenvalue weighted by molar-refractivity contribution is -0.139. The third kappa shape index (κ3) is 5.47. The molecule has 2 atom stereocenters. The molecule has 3 aromatic carbocycles. The number of rotatable bonds is 7. The second kappa shape index (κ2) is 9.56. The van der Waals surface area contributed by atoms with Crippen LogP contribution in [0.5, 0.6) is 5.75 Å². The van der Waals surface area contributed by atoms with E-state index in [9.17, 15) is 13.2 Å². The maximum atomic E-state index is 13.5. The van der Waals surface area contributed by atoms with Crippen molar-refractivity contribution in [1.29, 1.82) is 0 Å². The van der Waals surface area contributed by atoms with Crippen LogP contribution in [-0.4, -0.2) is 17.0 Å². The number of hydrogen-bond donors (Lipinski definition) is 0. The fourth-order valence-electron chi connectivity index (χ4n) is 4.35. The van der Waals surface area contributed by atoms with Crippen LogP contribution in [0.25, 0.3) is 0 Å². The van der Waals surface area contributed by atoms with Gasteiger partial charge in [-0.15, -0.1) is 0 Å². The summed E-state index contributed by atoms with van der Waals surface area (Å²) >= 11 is 0. The van der Waals surface area contributed by atoms with Gasteiger partial charge in [0.1, 0.15) is 11.9 Å². The van der Waals surface area contributed by atoms with Crippen molar-refractivity contribution < 1.29 is 17.9 Å². The summed E-state index contributed by atoms with van der Waals surface area (Å²) in [6.07, 6.45) is -2.13. The van der Waals surface area contributed by atoms with Gasteiger partial charge < -0.3 is 4.74 Å². The number of halogens is 3. The summed E-state index contributed by atoms with van der Waals surface area (Å²) in [6.45, 7) is 1.45. The molecule has 3 aromatic rings. The Morgan fingerprint density at radius 1 is 0.742 bits per heavy atom. The average Bonchev–Trinajstić information content (AvgIpc) is 3.22. The first-order valence-electron chi connectivity index (χ1n) is 10.7. The van der Waals surface area contributed by atoms with E-state index < -0.39 is 11.7 Å². The largest absolute Gasteiger partial charge is 0.488 e. The Balaban J connectivity index is 1.58. The Bertz CT molecular complexity index is 918. The molecule has 0 unspecified atom stereocenters. The maximum absolute atomic E-state index is 13.5. The molecule has 0 radical (unpaired) electrons. The summed E-state index contributed by atoms with van der Waals surface area (Å²) < 4.78 is 46.4. The summed E-state index contributed by atoms with van der Waals surface area (Å²) in [5, 5.41) is 0. The van der Waals surface area contributed by atoms with E-state index in [0.29, 0.717) is 0 Å². The molecular formula is C26H26F3NO. The quantitative estimate of drug-likeness (QED) is 0.417. The van der Waals surface area contributed by atoms with Crippen LogP contribution in [0.15, 0.2) is 84.9 Å². The molecule has 0 saturated heterocycles. The summed E-state index contributed by atoms with van der Waals surface area (Å²) in [5.74, 6) is -0.0775. The standard InChI is InChI=1S/C26H26F3NO/c27-26(28,29)22-14-7-8-16-24(22)31-25-17-9-15-23(25)30(18-20-10-3-1-4-11-20)19-21-12-5-2-6-13-21/h1-8,10-14,16,23,25H,9,15,17-19H2/t23-,25-/m0/s1. The number of alkyl halides is 3. The number of benzene rings is 3. The normalized spacial score (nSPS) is 19.0. The second-order valence-corrected chi connectivity index (χ2v) is 8.02. The van der Waals surface area contributed by atoms with Crippen LogP contribution >= 0.6 is 0 Å². The average molecular weight is 425 g/mol. The Kier molecular flexibility index (Phi) is 6.62. The molecule has 0 amide bonds. The van der Waals surface area contributed by atoms with E-state index in [1.54, 1.807) is 6.07 Å². The molecular weight excluding hydrogens is 399 g/mol. The van der Waals surface area contributed by atoms with Crippen molar-refractivity contribution in [3.05, 3.63) is 102 Å². The minimum absolute atomic E-state index is 0.0432. The number of para-hydroxylation sites is 1. The van der Waals surface area contributed by atoms with Crippen molar-refractivity contribution in [2.45, 2.75) is 50.7 Å². The van der Waals surface area contributed by atoms with Gasteiger partial charge in [0.2, 0.25) is 0 Å². The van der Waals surface area contributed by atoms with Crippen LogP contribution in [0.4, 0.5) is 13.2 Å². The van der Waals surface area contributed by atoms with Crippen LogP contribution in [0.3, 0.4) is 0 Å². The second-order valence-electron chi connectivity index (χ2n) is 8.02. The van der Waals surface area contributed by atoms with Crippen LogP contribution in [0, 0.1) is 0 Å². The van der Waals surface area contributed by atoms with Gasteiger partial charge in [0.15, 0.2) is 0 Å². The Morgan fingerprint density at radius 2 is 1.29 bits per heavy atom. The molecule has 1 fully saturated rings. The number of hydrogen-bond acceptors (Lipinski definition) is 2. The number of ether oxygens (including phenoxy) is 1. The van der Waals surface area contributed by atoms with Crippen molar-refractivity contribution >= 4 is 0 Å². The highest BCUT2D eigenvalue weighted by molar-refractivity contribution is 5.36. The molecule has 2 nitrogen and oxygen atoms in total. The molecule has 31 heavy (non-hydrogen) atoms. The van der Waals surface area contributed by atoms with Crippen molar-refractivity contribution in [3.8, 4) is 5.75 Å². The summed E-state index contributed by atoms with van der Waals surface area (Å²) in [4.78, 5) is 2.35. The summed E-state index contributed by atoms with van der Waals surface area (Å²) in [5.41, 5.74) is 1.65. The van der Waals surface area contributed by atoms with Crippen LogP contribution in [0.1, 0.15) is 36.0 Å². The molecule has 0 heterocycles. The molecule has 0 N–H and O–H groups in total. The van der Waals surface area contributed by atoms with Gasteiger partial charge >= 0.3 is 6.18 Å². The monoisotopic (exact) mass is 425 g/mol. The van der Waals surface area contributed by atoms with Gasteiger partial charge in [-0.2, -0.15) is 13.2 Å². The highest BCUT2D eigenvalue weighted by Crippen LogP contribution is 2.38. The summed E-state index contributed by atoms with van der Waals surface area (Å²) in [7, 11) is 0. The van der Waals surface area contributed by atoms with E-state index in [0.717, 1.165) is 38.4 Å². The van der Waals surface area contributed by atoms with Gasteiger partial charge in [0, 0.05) is 19.1 Å². The molecule has 1 saturated carbocycles. The first kappa shape index (κ1) is 21.4. The van der Waals surface area contributed by atoms with Crippen molar-refractivity contribution in [2.24, 2.45) is 0 Å². The Morgan fingerprint density at radius 3 is 1.87 bits per heavy atom. The lowest BCUT2D eigenvalue weighted by Gasteiger charge is -2.34.